The molecule has 1 aromatic rings. The first-order valence-electron chi connectivity index (χ1n) is 33.9. The molecule has 1 aliphatic heterocycles. The van der Waals surface area contributed by atoms with E-state index in [1.165, 1.54) is 6.92 Å². The molecular formula is C62H114N12O15P12. The predicted octanol–water partition coefficient (Wildman–Crippen LogP) is 7.28. The summed E-state index contributed by atoms with van der Waals surface area (Å²) in [7, 11) is 13.8. The van der Waals surface area contributed by atoms with Crippen LogP contribution in [0.25, 0.3) is 0 Å². The van der Waals surface area contributed by atoms with Crippen molar-refractivity contribution < 1.29 is 71.7 Å². The van der Waals surface area contributed by atoms with Crippen molar-refractivity contribution in [3.05, 3.63) is 48.2 Å². The van der Waals surface area contributed by atoms with Gasteiger partial charge in [0.15, 0.2) is 0 Å². The van der Waals surface area contributed by atoms with Crippen molar-refractivity contribution >= 4 is 171 Å². The van der Waals surface area contributed by atoms with Crippen LogP contribution in [0.3, 0.4) is 0 Å². The highest BCUT2D eigenvalue weighted by atomic mass is 32.6. The molecule has 0 radical (unpaired) electrons. The van der Waals surface area contributed by atoms with Crippen LogP contribution < -0.4 is 58.9 Å². The number of hydrogen-bond acceptors (Lipinski definition) is 15. The maximum atomic E-state index is 14.8. The van der Waals surface area contributed by atoms with Gasteiger partial charge in [-0.05, 0) is 96.0 Å². The van der Waals surface area contributed by atoms with Crippen molar-refractivity contribution in [2.24, 2.45) is 47.2 Å². The van der Waals surface area contributed by atoms with E-state index >= 15 is 0 Å². The van der Waals surface area contributed by atoms with Gasteiger partial charge < -0.3 is 77.7 Å². The minimum atomic E-state index is -1.52. The number of nitrogens with two attached hydrogens (primary N) is 1. The quantitative estimate of drug-likeness (QED) is 0.0285. The van der Waals surface area contributed by atoms with E-state index in [1.54, 1.807) is 62.3 Å². The molecule has 11 amide bonds. The van der Waals surface area contributed by atoms with E-state index in [-0.39, 0.29) is 66.1 Å². The number of nitrogens with zero attached hydrogens (tertiary/aromatic N) is 1. The molecule has 1 fully saturated rings. The lowest BCUT2D eigenvalue weighted by Gasteiger charge is -2.32. The second-order valence-electron chi connectivity index (χ2n) is 25.8. The number of carboxylic acids is 1. The fraction of sp³-hybridized carbons (Fsp3) is 0.677. The molecule has 13 N–H and O–H groups in total. The van der Waals surface area contributed by atoms with Crippen LogP contribution in [0.4, 0.5) is 0 Å². The van der Waals surface area contributed by atoms with Crippen molar-refractivity contribution in [1.29, 1.82) is 0 Å². The van der Waals surface area contributed by atoms with Crippen molar-refractivity contribution in [1.82, 2.24) is 57.8 Å². The normalized spacial score (nSPS) is 18.7. The molecular weight excluding hydrogens is 1520 g/mol. The number of primary amides is 1. The Hall–Kier alpha value is -2.52. The van der Waals surface area contributed by atoms with Crippen LogP contribution in [-0.4, -0.2) is 161 Å². The van der Waals surface area contributed by atoms with Gasteiger partial charge in [0, 0.05) is 32.0 Å². The van der Waals surface area contributed by atoms with Crippen molar-refractivity contribution in [2.45, 2.75) is 208 Å². The van der Waals surface area contributed by atoms with E-state index in [4.69, 9.17) is 14.8 Å². The zero-order valence-corrected chi connectivity index (χ0v) is 72.7. The zero-order chi connectivity index (χ0) is 76.5. The van der Waals surface area contributed by atoms with Gasteiger partial charge in [0.05, 0.1) is 28.3 Å². The summed E-state index contributed by atoms with van der Waals surface area (Å²) in [5.41, 5.74) is 7.42. The Morgan fingerprint density at radius 1 is 0.535 bits per heavy atom. The third-order valence-corrected chi connectivity index (χ3v) is 45.0. The van der Waals surface area contributed by atoms with Crippen LogP contribution in [0, 0.1) is 41.4 Å². The molecule has 101 heavy (non-hydrogen) atoms. The molecule has 28 atom stereocenters. The number of amides is 11. The molecule has 39 heteroatoms. The molecule has 2 rings (SSSR count). The van der Waals surface area contributed by atoms with Gasteiger partial charge in [-0.15, -0.1) is 26.8 Å². The number of rotatable bonds is 48. The summed E-state index contributed by atoms with van der Waals surface area (Å²) in [6.07, 6.45) is 2.46. The summed E-state index contributed by atoms with van der Waals surface area (Å²) in [4.78, 5) is 168. The first-order chi connectivity index (χ1) is 47.6. The van der Waals surface area contributed by atoms with Crippen molar-refractivity contribution in [3.63, 3.8) is 0 Å². The van der Waals surface area contributed by atoms with Crippen LogP contribution >= 0.6 is 99.9 Å². The summed E-state index contributed by atoms with van der Waals surface area (Å²) in [5.74, 6) is -12.8. The molecule has 12 unspecified atom stereocenters. The minimum absolute atomic E-state index is 0.124. The Labute approximate surface area is 619 Å². The van der Waals surface area contributed by atoms with Crippen LogP contribution in [0.5, 0.6) is 0 Å². The second-order valence-corrected chi connectivity index (χ2v) is 51.8. The number of aliphatic carboxylic acids is 1. The molecule has 0 spiro atoms. The second kappa shape index (κ2) is 49.4. The maximum Gasteiger partial charge on any atom is 0.326 e. The molecule has 1 heterocycles. The summed E-state index contributed by atoms with van der Waals surface area (Å²) in [6, 6.07) is -3.77. The lowest BCUT2D eigenvalue weighted by Crippen LogP contribution is -2.63. The third-order valence-electron chi connectivity index (χ3n) is 17.9. The van der Waals surface area contributed by atoms with Crippen LogP contribution in [0.15, 0.2) is 42.6 Å². The first kappa shape index (κ1) is 94.6. The fourth-order valence-corrected chi connectivity index (χ4v) is 18.2. The highest BCUT2D eigenvalue weighted by molar-refractivity contribution is 8.60. The zero-order valence-electron chi connectivity index (χ0n) is 60.1. The van der Waals surface area contributed by atoms with Gasteiger partial charge in [-0.1, -0.05) is 173 Å². The summed E-state index contributed by atoms with van der Waals surface area (Å²) in [6.45, 7) is 24.8. The lowest BCUT2D eigenvalue weighted by molar-refractivity contribution is -0.144. The number of hydrogen-bond donors (Lipinski definition) is 12. The number of benzene rings is 1. The average molecular weight is 1640 g/mol. The smallest absolute Gasteiger partial charge is 0.326 e. The van der Waals surface area contributed by atoms with Gasteiger partial charge in [0.1, 0.15) is 60.4 Å². The van der Waals surface area contributed by atoms with E-state index < -0.39 is 178 Å². The minimum Gasteiger partial charge on any atom is -0.480 e. The van der Waals surface area contributed by atoms with Gasteiger partial charge in [-0.25, -0.2) is 4.79 Å². The van der Waals surface area contributed by atoms with Crippen LogP contribution in [0.2, 0.25) is 0 Å². The van der Waals surface area contributed by atoms with Gasteiger partial charge in [0.2, 0.25) is 65.0 Å². The van der Waals surface area contributed by atoms with Crippen molar-refractivity contribution in [2.75, 3.05) is 19.8 Å². The fourth-order valence-electron chi connectivity index (χ4n) is 10.6. The molecule has 1 aliphatic rings. The number of nitrogens with one attached hydrogen (secondary N) is 10. The summed E-state index contributed by atoms with van der Waals surface area (Å²) >= 11 is 0. The topological polar surface area (TPSA) is 393 Å². The van der Waals surface area contributed by atoms with Crippen LogP contribution in [-0.2, 0) is 73.0 Å². The van der Waals surface area contributed by atoms with Crippen LogP contribution in [0.1, 0.15) is 146 Å². The third kappa shape index (κ3) is 32.8. The summed E-state index contributed by atoms with van der Waals surface area (Å²) in [5, 5.41) is 37.4. The molecule has 1 saturated heterocycles. The average Bonchev–Trinajstić information content (AvgIpc) is 1.18. The van der Waals surface area contributed by atoms with E-state index in [0.717, 1.165) is 11.3 Å². The van der Waals surface area contributed by atoms with E-state index in [9.17, 15) is 62.6 Å². The Bertz CT molecular complexity index is 2910. The summed E-state index contributed by atoms with van der Waals surface area (Å²) < 4.78 is 14.2. The van der Waals surface area contributed by atoms with E-state index in [0.29, 0.717) is 59.4 Å². The number of carbonyl (C=O) groups excluding carboxylic acids is 11. The molecule has 0 aromatic heterocycles. The monoisotopic (exact) mass is 1640 g/mol. The molecule has 572 valence electrons. The van der Waals surface area contributed by atoms with Gasteiger partial charge >= 0.3 is 5.97 Å². The number of carboxylic acid groups (broad SMARTS) is 1. The Morgan fingerprint density at radius 2 is 0.931 bits per heavy atom. The SMILES string of the molecule is C=C1C[C@@H](C[C@H](NC(=O)[C@H](C)NC(=O)[C@H](NC(=O)[C@H](COP(P)PP)NC(=O)[C@@H](NC(=O)[C@H](NC(=O)[C@@H](CCC(N)=O)NC(=O)[C@H](COP(P)PP)NC(=O)[C@@H](NC(=O)[C@H](CC)Cc2ccccc2)[C@@H](C)CC)[C@@H](C)CC)[C@@H](C)CC)C(C)C)C(=O)N[C@@H](C(=O)O)[C@@H](C)CC)CN1P(P)PP. The standard InChI is InChI=1S/C62H114N12O15P12/c1-14-33(8)48(70-53(77)41(18-5)27-39-22-20-19-21-23-39)59(83)67-44(30-88-100(94)97-91)56(80)65-42(24-25-46(63)75)54(78)71-50(35(10)16-3)61(85)72-49(34(9)15-2)60(84)68-45(31-89-101(95)98-92)57(81)69-47(32(6)7)58(82)64-38(13)52(76)66-43(55(79)73-51(62(86)87)36(11)17-4)28-40-26-37(12)74(29-40)99(93)96-90/h19-23,32-36,38,40-45,47-51,96-98H,12,14-18,24-31,90-95H2,1-11,13H3,(H2,63,75)(H,64,82)(H,65,80)(H,66,76)(H,67,83)(H,68,84)(H,69,81)(H,70,77)(H,71,78)(H,72,85)(H,73,79)(H,86,87)/t33-,34-,35-,36-,38-,40-,41+,42+,43-,44-,45-,47+,48-,49-,50+,51+,99?,100?,101?/m0/s1. The van der Waals surface area contributed by atoms with E-state index in [1.807, 2.05) is 44.2 Å². The molecule has 27 nitrogen and oxygen atoms in total. The molecule has 0 bridgehead atoms. The van der Waals surface area contributed by atoms with Gasteiger partial charge in [-0.2, -0.15) is 0 Å². The predicted molar refractivity (Wildman–Crippen MR) is 432 cm³/mol. The highest BCUT2D eigenvalue weighted by Crippen LogP contribution is 2.70. The van der Waals surface area contributed by atoms with Gasteiger partial charge in [0.25, 0.3) is 0 Å². The number of carbonyl (C=O) groups is 12. The van der Waals surface area contributed by atoms with E-state index in [2.05, 4.69) is 118 Å². The largest absolute Gasteiger partial charge is 0.480 e. The first-order valence-corrected chi connectivity index (χ1v) is 53.5. The van der Waals surface area contributed by atoms with Gasteiger partial charge in [-0.3, -0.25) is 52.7 Å². The lowest BCUT2D eigenvalue weighted by atomic mass is 9.93. The Kier molecular flexibility index (Phi) is 46.3. The highest BCUT2D eigenvalue weighted by Gasteiger charge is 2.41. The Morgan fingerprint density at radius 3 is 1.38 bits per heavy atom. The molecule has 0 saturated carbocycles. The Balaban J connectivity index is 2.49. The number of allylic oxidation sites excluding steroid dienone is 1. The maximum absolute atomic E-state index is 14.8. The molecule has 1 aromatic carbocycles. The molecule has 0 aliphatic carbocycles. The van der Waals surface area contributed by atoms with Crippen molar-refractivity contribution in [3.8, 4) is 0 Å².